The zero-order valence-corrected chi connectivity index (χ0v) is 12.3. The van der Waals surface area contributed by atoms with Crippen LogP contribution in [0.2, 0.25) is 0 Å². The standard InChI is InChI=1S/C16H26N2O/c1-4-16(9-5-6-10-16)15(18-17)14-8-7-13(19-3)11-12(14)2/h7-8,11,15,18H,4-6,9-10,17H2,1-3H3. The molecule has 0 amide bonds. The minimum Gasteiger partial charge on any atom is -0.497 e. The van der Waals surface area contributed by atoms with Crippen molar-refractivity contribution in [2.24, 2.45) is 11.3 Å². The number of hydrazine groups is 1. The number of aryl methyl sites for hydroxylation is 1. The van der Waals surface area contributed by atoms with E-state index < -0.39 is 0 Å². The third-order valence-electron chi connectivity index (χ3n) is 4.87. The molecule has 1 aliphatic rings. The molecule has 0 spiro atoms. The van der Waals surface area contributed by atoms with Gasteiger partial charge in [-0.3, -0.25) is 11.3 Å². The van der Waals surface area contributed by atoms with Crippen LogP contribution in [0.4, 0.5) is 0 Å². The van der Waals surface area contributed by atoms with Crippen LogP contribution in [-0.4, -0.2) is 7.11 Å². The van der Waals surface area contributed by atoms with E-state index in [1.54, 1.807) is 7.11 Å². The van der Waals surface area contributed by atoms with E-state index in [0.29, 0.717) is 5.41 Å². The van der Waals surface area contributed by atoms with E-state index in [0.717, 1.165) is 5.75 Å². The fraction of sp³-hybridized carbons (Fsp3) is 0.625. The Morgan fingerprint density at radius 2 is 2.05 bits per heavy atom. The summed E-state index contributed by atoms with van der Waals surface area (Å²) in [6.07, 6.45) is 6.35. The first-order chi connectivity index (χ1) is 9.16. The monoisotopic (exact) mass is 262 g/mol. The van der Waals surface area contributed by atoms with E-state index in [9.17, 15) is 0 Å². The fourth-order valence-electron chi connectivity index (χ4n) is 3.62. The Hall–Kier alpha value is -1.06. The summed E-state index contributed by atoms with van der Waals surface area (Å²) in [5, 5.41) is 0. The Morgan fingerprint density at radius 1 is 1.37 bits per heavy atom. The Kier molecular flexibility index (Phi) is 4.48. The highest BCUT2D eigenvalue weighted by atomic mass is 16.5. The summed E-state index contributed by atoms with van der Waals surface area (Å²) >= 11 is 0. The molecule has 0 aromatic heterocycles. The molecule has 0 saturated heterocycles. The molecular formula is C16H26N2O. The topological polar surface area (TPSA) is 47.3 Å². The number of rotatable bonds is 5. The Balaban J connectivity index is 2.36. The first kappa shape index (κ1) is 14.4. The molecule has 0 aliphatic heterocycles. The third kappa shape index (κ3) is 2.63. The third-order valence-corrected chi connectivity index (χ3v) is 4.87. The van der Waals surface area contributed by atoms with Crippen LogP contribution in [0.1, 0.15) is 56.2 Å². The van der Waals surface area contributed by atoms with Crippen molar-refractivity contribution >= 4 is 0 Å². The predicted octanol–water partition coefficient (Wildman–Crippen LogP) is 3.48. The number of hydrogen-bond acceptors (Lipinski definition) is 3. The number of nitrogens with one attached hydrogen (secondary N) is 1. The summed E-state index contributed by atoms with van der Waals surface area (Å²) in [5.41, 5.74) is 5.97. The Bertz CT molecular complexity index is 425. The molecule has 3 nitrogen and oxygen atoms in total. The summed E-state index contributed by atoms with van der Waals surface area (Å²) in [6, 6.07) is 6.53. The molecule has 1 atom stereocenters. The van der Waals surface area contributed by atoms with Gasteiger partial charge in [0.15, 0.2) is 0 Å². The highest BCUT2D eigenvalue weighted by Gasteiger charge is 2.40. The van der Waals surface area contributed by atoms with E-state index in [4.69, 9.17) is 10.6 Å². The van der Waals surface area contributed by atoms with Crippen LogP contribution in [-0.2, 0) is 0 Å². The lowest BCUT2D eigenvalue weighted by atomic mass is 9.73. The quantitative estimate of drug-likeness (QED) is 0.631. The van der Waals surface area contributed by atoms with Gasteiger partial charge < -0.3 is 4.74 Å². The number of nitrogens with two attached hydrogens (primary N) is 1. The van der Waals surface area contributed by atoms with Gasteiger partial charge in [0.25, 0.3) is 0 Å². The van der Waals surface area contributed by atoms with E-state index in [-0.39, 0.29) is 6.04 Å². The molecule has 3 heteroatoms. The van der Waals surface area contributed by atoms with Crippen molar-refractivity contribution < 1.29 is 4.74 Å². The van der Waals surface area contributed by atoms with Crippen molar-refractivity contribution in [3.05, 3.63) is 29.3 Å². The molecule has 19 heavy (non-hydrogen) atoms. The van der Waals surface area contributed by atoms with E-state index in [1.165, 1.54) is 43.2 Å². The van der Waals surface area contributed by atoms with Gasteiger partial charge in [0.2, 0.25) is 0 Å². The molecule has 0 radical (unpaired) electrons. The van der Waals surface area contributed by atoms with Gasteiger partial charge in [-0.15, -0.1) is 0 Å². The molecule has 1 aromatic carbocycles. The van der Waals surface area contributed by atoms with Gasteiger partial charge in [-0.1, -0.05) is 25.8 Å². The van der Waals surface area contributed by atoms with Crippen LogP contribution in [0.15, 0.2) is 18.2 Å². The SMILES string of the molecule is CCC1(C(NN)c2ccc(OC)cc2C)CCCC1. The van der Waals surface area contributed by atoms with E-state index >= 15 is 0 Å². The van der Waals surface area contributed by atoms with Crippen LogP contribution in [0.3, 0.4) is 0 Å². The number of methoxy groups -OCH3 is 1. The largest absolute Gasteiger partial charge is 0.497 e. The Morgan fingerprint density at radius 3 is 2.53 bits per heavy atom. The van der Waals surface area contributed by atoms with Crippen LogP contribution >= 0.6 is 0 Å². The van der Waals surface area contributed by atoms with Crippen molar-refractivity contribution in [1.29, 1.82) is 0 Å². The lowest BCUT2D eigenvalue weighted by Gasteiger charge is -2.37. The van der Waals surface area contributed by atoms with Crippen molar-refractivity contribution in [1.82, 2.24) is 5.43 Å². The minimum atomic E-state index is 0.242. The van der Waals surface area contributed by atoms with Gasteiger partial charge in [-0.25, -0.2) is 0 Å². The summed E-state index contributed by atoms with van der Waals surface area (Å²) in [4.78, 5) is 0. The van der Waals surface area contributed by atoms with Crippen LogP contribution < -0.4 is 16.0 Å². The highest BCUT2D eigenvalue weighted by molar-refractivity contribution is 5.37. The van der Waals surface area contributed by atoms with Gasteiger partial charge in [0.05, 0.1) is 13.2 Å². The lowest BCUT2D eigenvalue weighted by Crippen LogP contribution is -2.40. The van der Waals surface area contributed by atoms with Crippen molar-refractivity contribution in [3.8, 4) is 5.75 Å². The zero-order valence-electron chi connectivity index (χ0n) is 12.3. The molecule has 106 valence electrons. The van der Waals surface area contributed by atoms with Crippen molar-refractivity contribution in [2.45, 2.75) is 52.0 Å². The second kappa shape index (κ2) is 5.93. The van der Waals surface area contributed by atoms with Gasteiger partial charge in [0.1, 0.15) is 5.75 Å². The van der Waals surface area contributed by atoms with Gasteiger partial charge in [-0.05, 0) is 54.9 Å². The van der Waals surface area contributed by atoms with Crippen LogP contribution in [0.5, 0.6) is 5.75 Å². The smallest absolute Gasteiger partial charge is 0.119 e. The summed E-state index contributed by atoms with van der Waals surface area (Å²) in [5.74, 6) is 6.81. The molecule has 3 N–H and O–H groups in total. The highest BCUT2D eigenvalue weighted by Crippen LogP contribution is 2.50. The molecule has 0 heterocycles. The van der Waals surface area contributed by atoms with Crippen LogP contribution in [0, 0.1) is 12.3 Å². The molecule has 1 aromatic rings. The predicted molar refractivity (Wildman–Crippen MR) is 79.0 cm³/mol. The van der Waals surface area contributed by atoms with E-state index in [2.05, 4.69) is 31.4 Å². The molecule has 1 unspecified atom stereocenters. The molecule has 0 bridgehead atoms. The van der Waals surface area contributed by atoms with Gasteiger partial charge in [0, 0.05) is 0 Å². The maximum absolute atomic E-state index is 5.90. The first-order valence-electron chi connectivity index (χ1n) is 7.27. The molecule has 1 saturated carbocycles. The summed E-state index contributed by atoms with van der Waals surface area (Å²) in [6.45, 7) is 4.43. The number of benzene rings is 1. The van der Waals surface area contributed by atoms with E-state index in [1.807, 2.05) is 6.07 Å². The first-order valence-corrected chi connectivity index (χ1v) is 7.27. The fourth-order valence-corrected chi connectivity index (χ4v) is 3.62. The van der Waals surface area contributed by atoms with Crippen LogP contribution in [0.25, 0.3) is 0 Å². The molecule has 2 rings (SSSR count). The van der Waals surface area contributed by atoms with Gasteiger partial charge in [-0.2, -0.15) is 0 Å². The number of ether oxygens (including phenoxy) is 1. The maximum Gasteiger partial charge on any atom is 0.119 e. The summed E-state index contributed by atoms with van der Waals surface area (Å²) < 4.78 is 5.29. The normalized spacial score (nSPS) is 19.4. The molecular weight excluding hydrogens is 236 g/mol. The molecule has 1 fully saturated rings. The minimum absolute atomic E-state index is 0.242. The average Bonchev–Trinajstić information content (AvgIpc) is 2.91. The lowest BCUT2D eigenvalue weighted by molar-refractivity contribution is 0.187. The second-order valence-corrected chi connectivity index (χ2v) is 5.75. The van der Waals surface area contributed by atoms with Crippen molar-refractivity contribution in [2.75, 3.05) is 7.11 Å². The van der Waals surface area contributed by atoms with Gasteiger partial charge >= 0.3 is 0 Å². The maximum atomic E-state index is 5.90. The Labute approximate surface area is 116 Å². The summed E-state index contributed by atoms with van der Waals surface area (Å²) in [7, 11) is 1.71. The van der Waals surface area contributed by atoms with Crippen molar-refractivity contribution in [3.63, 3.8) is 0 Å². The average molecular weight is 262 g/mol. The number of hydrogen-bond donors (Lipinski definition) is 2. The zero-order chi connectivity index (χ0) is 13.9. The molecule has 1 aliphatic carbocycles. The second-order valence-electron chi connectivity index (χ2n) is 5.75.